The lowest BCUT2D eigenvalue weighted by atomic mass is 10.1. The van der Waals surface area contributed by atoms with Gasteiger partial charge in [-0.2, -0.15) is 0 Å². The van der Waals surface area contributed by atoms with Crippen molar-refractivity contribution in [3.8, 4) is 17.2 Å². The molecular formula is C27H24N4O5. The monoisotopic (exact) mass is 484 g/mol. The summed E-state index contributed by atoms with van der Waals surface area (Å²) in [6.45, 7) is 1.06. The molecule has 0 aliphatic carbocycles. The van der Waals surface area contributed by atoms with E-state index in [1.807, 2.05) is 41.0 Å². The summed E-state index contributed by atoms with van der Waals surface area (Å²) in [4.78, 5) is 29.1. The van der Waals surface area contributed by atoms with E-state index in [1.165, 1.54) is 0 Å². The number of carbonyl (C=O) groups is 2. The fourth-order valence-corrected chi connectivity index (χ4v) is 3.69. The van der Waals surface area contributed by atoms with Crippen LogP contribution in [-0.2, 0) is 17.9 Å². The number of amides is 2. The molecule has 2 N–H and O–H groups in total. The van der Waals surface area contributed by atoms with E-state index in [0.29, 0.717) is 53.8 Å². The summed E-state index contributed by atoms with van der Waals surface area (Å²) >= 11 is 0. The zero-order valence-corrected chi connectivity index (χ0v) is 19.3. The van der Waals surface area contributed by atoms with Crippen molar-refractivity contribution in [2.75, 3.05) is 17.4 Å². The molecule has 1 aliphatic rings. The average Bonchev–Trinajstić information content (AvgIpc) is 3.58. The van der Waals surface area contributed by atoms with E-state index in [2.05, 4.69) is 15.6 Å². The topological polar surface area (TPSA) is 104 Å². The summed E-state index contributed by atoms with van der Waals surface area (Å²) in [5.74, 6) is 1.60. The van der Waals surface area contributed by atoms with Gasteiger partial charge in [0.2, 0.25) is 12.7 Å². The second-order valence-corrected chi connectivity index (χ2v) is 8.14. The number of fused-ring (bicyclic) bond motifs is 1. The fraction of sp³-hybridized carbons (Fsp3) is 0.148. The number of nitrogens with one attached hydrogen (secondary N) is 2. The first-order valence-electron chi connectivity index (χ1n) is 11.4. The molecular weight excluding hydrogens is 460 g/mol. The van der Waals surface area contributed by atoms with Gasteiger partial charge in [-0.05, 0) is 48.0 Å². The number of nitrogens with zero attached hydrogens (tertiary/aromatic N) is 2. The lowest BCUT2D eigenvalue weighted by Gasteiger charge is -2.11. The zero-order chi connectivity index (χ0) is 24.7. The summed E-state index contributed by atoms with van der Waals surface area (Å²) in [7, 11) is 0. The number of benzene rings is 3. The van der Waals surface area contributed by atoms with Crippen molar-refractivity contribution < 1.29 is 23.8 Å². The van der Waals surface area contributed by atoms with Crippen LogP contribution in [-0.4, -0.2) is 28.2 Å². The van der Waals surface area contributed by atoms with Crippen molar-refractivity contribution in [1.82, 2.24) is 9.55 Å². The summed E-state index contributed by atoms with van der Waals surface area (Å²) in [6.07, 6.45) is 5.43. The van der Waals surface area contributed by atoms with Crippen LogP contribution >= 0.6 is 0 Å². The Morgan fingerprint density at radius 1 is 0.944 bits per heavy atom. The SMILES string of the molecule is O=C(CCn1ccnc1)Nc1cccc(C(=O)Nc2cccc(COc3ccc4c(c3)OCO4)c2)c1. The number of imidazole rings is 1. The Hall–Kier alpha value is -4.79. The minimum Gasteiger partial charge on any atom is -0.489 e. The molecule has 0 radical (unpaired) electrons. The molecule has 0 atom stereocenters. The molecule has 4 aromatic rings. The third-order valence-electron chi connectivity index (χ3n) is 5.50. The number of anilines is 2. The van der Waals surface area contributed by atoms with Gasteiger partial charge in [0.15, 0.2) is 11.5 Å². The first-order chi connectivity index (χ1) is 17.6. The Labute approximate surface area is 207 Å². The summed E-state index contributed by atoms with van der Waals surface area (Å²) < 4.78 is 18.4. The largest absolute Gasteiger partial charge is 0.489 e. The fourth-order valence-electron chi connectivity index (χ4n) is 3.69. The van der Waals surface area contributed by atoms with Gasteiger partial charge in [0.05, 0.1) is 6.33 Å². The van der Waals surface area contributed by atoms with Crippen LogP contribution in [0.4, 0.5) is 11.4 Å². The van der Waals surface area contributed by atoms with Crippen molar-refractivity contribution >= 4 is 23.2 Å². The van der Waals surface area contributed by atoms with Crippen LogP contribution in [0, 0.1) is 0 Å². The van der Waals surface area contributed by atoms with Gasteiger partial charge in [-0.15, -0.1) is 0 Å². The highest BCUT2D eigenvalue weighted by Crippen LogP contribution is 2.35. The van der Waals surface area contributed by atoms with E-state index in [9.17, 15) is 9.59 Å². The van der Waals surface area contributed by atoms with Crippen LogP contribution in [0.1, 0.15) is 22.3 Å². The average molecular weight is 485 g/mol. The number of hydrogen-bond acceptors (Lipinski definition) is 6. The third kappa shape index (κ3) is 5.82. The van der Waals surface area contributed by atoms with E-state index < -0.39 is 0 Å². The van der Waals surface area contributed by atoms with E-state index in [-0.39, 0.29) is 18.6 Å². The second-order valence-electron chi connectivity index (χ2n) is 8.14. The molecule has 0 saturated carbocycles. The Bertz CT molecular complexity index is 1370. The van der Waals surface area contributed by atoms with Crippen molar-refractivity contribution in [2.24, 2.45) is 0 Å². The Kier molecular flexibility index (Phi) is 6.79. The molecule has 0 fully saturated rings. The van der Waals surface area contributed by atoms with Gasteiger partial charge in [0.1, 0.15) is 12.4 Å². The molecule has 2 heterocycles. The summed E-state index contributed by atoms with van der Waals surface area (Å²) in [5, 5.41) is 5.74. The van der Waals surface area contributed by atoms with Crippen molar-refractivity contribution in [1.29, 1.82) is 0 Å². The quantitative estimate of drug-likeness (QED) is 0.363. The van der Waals surface area contributed by atoms with Gasteiger partial charge in [0, 0.05) is 48.4 Å². The number of aryl methyl sites for hydroxylation is 1. The second kappa shape index (κ2) is 10.6. The molecule has 3 aromatic carbocycles. The molecule has 0 bridgehead atoms. The molecule has 0 saturated heterocycles. The Balaban J connectivity index is 1.16. The van der Waals surface area contributed by atoms with Crippen LogP contribution in [0.25, 0.3) is 0 Å². The summed E-state index contributed by atoms with van der Waals surface area (Å²) in [5.41, 5.74) is 2.53. The van der Waals surface area contributed by atoms with Crippen molar-refractivity contribution in [3.63, 3.8) is 0 Å². The third-order valence-corrected chi connectivity index (χ3v) is 5.50. The lowest BCUT2D eigenvalue weighted by Crippen LogP contribution is -2.16. The van der Waals surface area contributed by atoms with Crippen LogP contribution in [0.15, 0.2) is 85.5 Å². The highest BCUT2D eigenvalue weighted by atomic mass is 16.7. The van der Waals surface area contributed by atoms with E-state index >= 15 is 0 Å². The number of rotatable bonds is 9. The first-order valence-corrected chi connectivity index (χ1v) is 11.4. The van der Waals surface area contributed by atoms with Gasteiger partial charge in [-0.3, -0.25) is 9.59 Å². The normalized spacial score (nSPS) is 11.7. The first kappa shape index (κ1) is 23.0. The lowest BCUT2D eigenvalue weighted by molar-refractivity contribution is -0.116. The molecule has 2 amide bonds. The summed E-state index contributed by atoms with van der Waals surface area (Å²) in [6, 6.07) is 19.7. The van der Waals surface area contributed by atoms with Crippen LogP contribution < -0.4 is 24.8 Å². The number of hydrogen-bond donors (Lipinski definition) is 2. The molecule has 5 rings (SSSR count). The predicted octanol–water partition coefficient (Wildman–Crippen LogP) is 4.47. The minimum absolute atomic E-state index is 0.142. The van der Waals surface area contributed by atoms with Crippen molar-refractivity contribution in [3.05, 3.63) is 96.6 Å². The molecule has 36 heavy (non-hydrogen) atoms. The highest BCUT2D eigenvalue weighted by molar-refractivity contribution is 6.05. The predicted molar refractivity (Wildman–Crippen MR) is 133 cm³/mol. The van der Waals surface area contributed by atoms with Crippen molar-refractivity contribution in [2.45, 2.75) is 19.6 Å². The highest BCUT2D eigenvalue weighted by Gasteiger charge is 2.14. The van der Waals surface area contributed by atoms with Gasteiger partial charge in [-0.25, -0.2) is 4.98 Å². The number of carbonyl (C=O) groups excluding carboxylic acids is 2. The van der Waals surface area contributed by atoms with E-state index in [0.717, 1.165) is 5.56 Å². The maximum atomic E-state index is 12.8. The minimum atomic E-state index is -0.279. The van der Waals surface area contributed by atoms with Gasteiger partial charge >= 0.3 is 0 Å². The molecule has 9 heteroatoms. The molecule has 182 valence electrons. The Morgan fingerprint density at radius 2 is 1.78 bits per heavy atom. The molecule has 0 unspecified atom stereocenters. The Morgan fingerprint density at radius 3 is 2.64 bits per heavy atom. The molecule has 1 aliphatic heterocycles. The molecule has 0 spiro atoms. The molecule has 1 aromatic heterocycles. The molecule has 9 nitrogen and oxygen atoms in total. The van der Waals surface area contributed by atoms with Gasteiger partial charge in [-0.1, -0.05) is 18.2 Å². The maximum Gasteiger partial charge on any atom is 0.255 e. The zero-order valence-electron chi connectivity index (χ0n) is 19.3. The van der Waals surface area contributed by atoms with Gasteiger partial charge in [0.25, 0.3) is 5.91 Å². The smallest absolute Gasteiger partial charge is 0.255 e. The number of ether oxygens (including phenoxy) is 3. The van der Waals surface area contributed by atoms with E-state index in [1.54, 1.807) is 49.1 Å². The van der Waals surface area contributed by atoms with Crippen LogP contribution in [0.3, 0.4) is 0 Å². The van der Waals surface area contributed by atoms with Crippen LogP contribution in [0.2, 0.25) is 0 Å². The maximum absolute atomic E-state index is 12.8. The number of aromatic nitrogens is 2. The van der Waals surface area contributed by atoms with E-state index in [4.69, 9.17) is 14.2 Å². The van der Waals surface area contributed by atoms with Gasteiger partial charge < -0.3 is 29.4 Å². The standard InChI is InChI=1S/C27H24N4O5/c32-26(9-11-31-12-10-28-17-31)29-22-6-2-4-20(14-22)27(33)30-21-5-1-3-19(13-21)16-34-23-7-8-24-25(15-23)36-18-35-24/h1-8,10,12-15,17H,9,11,16,18H2,(H,29,32)(H,30,33). The van der Waals surface area contributed by atoms with Crippen LogP contribution in [0.5, 0.6) is 17.2 Å².